The Hall–Kier alpha value is -1.95. The number of amides is 1. The van der Waals surface area contributed by atoms with Gasteiger partial charge in [0.15, 0.2) is 11.5 Å². The Balaban J connectivity index is 1.53. The number of fused-ring (bicyclic) bond motifs is 2. The predicted molar refractivity (Wildman–Crippen MR) is 77.4 cm³/mol. The molecule has 0 saturated carbocycles. The Morgan fingerprint density at radius 3 is 2.90 bits per heavy atom. The van der Waals surface area contributed by atoms with Crippen molar-refractivity contribution < 1.29 is 14.3 Å². The third-order valence-corrected chi connectivity index (χ3v) is 4.71. The summed E-state index contributed by atoms with van der Waals surface area (Å²) in [6, 6.07) is 4.05. The number of nitrogens with one attached hydrogen (secondary N) is 1. The summed E-state index contributed by atoms with van der Waals surface area (Å²) in [6.45, 7) is 2.41. The molecule has 6 nitrogen and oxygen atoms in total. The van der Waals surface area contributed by atoms with Gasteiger partial charge in [-0.3, -0.25) is 9.69 Å². The fourth-order valence-corrected chi connectivity index (χ4v) is 3.65. The molecular weight excluding hydrogens is 270 g/mol. The Labute approximate surface area is 123 Å². The van der Waals surface area contributed by atoms with Gasteiger partial charge >= 0.3 is 0 Å². The average molecular weight is 289 g/mol. The summed E-state index contributed by atoms with van der Waals surface area (Å²) in [5.74, 6) is 1.07. The van der Waals surface area contributed by atoms with E-state index in [2.05, 4.69) is 10.2 Å². The zero-order valence-corrected chi connectivity index (χ0v) is 11.8. The molecule has 21 heavy (non-hydrogen) atoms. The third-order valence-electron chi connectivity index (χ3n) is 4.71. The van der Waals surface area contributed by atoms with Crippen molar-refractivity contribution in [1.29, 1.82) is 0 Å². The second-order valence-corrected chi connectivity index (χ2v) is 5.91. The molecule has 2 atom stereocenters. The van der Waals surface area contributed by atoms with E-state index < -0.39 is 0 Å². The quantitative estimate of drug-likeness (QED) is 0.793. The van der Waals surface area contributed by atoms with E-state index in [4.69, 9.17) is 15.2 Å². The van der Waals surface area contributed by atoms with E-state index in [9.17, 15) is 4.79 Å². The Kier molecular flexibility index (Phi) is 2.92. The Morgan fingerprint density at radius 1 is 1.24 bits per heavy atom. The molecule has 0 spiro atoms. The van der Waals surface area contributed by atoms with Crippen LogP contribution >= 0.6 is 0 Å². The van der Waals surface area contributed by atoms with Crippen molar-refractivity contribution in [3.05, 3.63) is 17.7 Å². The summed E-state index contributed by atoms with van der Waals surface area (Å²) < 4.78 is 10.6. The maximum absolute atomic E-state index is 12.5. The van der Waals surface area contributed by atoms with Crippen LogP contribution in [0.3, 0.4) is 0 Å². The van der Waals surface area contributed by atoms with Gasteiger partial charge in [0, 0.05) is 30.4 Å². The fraction of sp³-hybridized carbons (Fsp3) is 0.533. The first kappa shape index (κ1) is 12.8. The van der Waals surface area contributed by atoms with Crippen LogP contribution in [-0.4, -0.2) is 42.8 Å². The third kappa shape index (κ3) is 2.10. The molecule has 3 heterocycles. The van der Waals surface area contributed by atoms with E-state index in [1.165, 1.54) is 12.8 Å². The van der Waals surface area contributed by atoms with Gasteiger partial charge in [0.2, 0.25) is 6.79 Å². The zero-order valence-electron chi connectivity index (χ0n) is 11.8. The number of anilines is 1. The highest BCUT2D eigenvalue weighted by molar-refractivity contribution is 6.00. The fourth-order valence-electron chi connectivity index (χ4n) is 3.65. The molecule has 6 heteroatoms. The van der Waals surface area contributed by atoms with Crippen molar-refractivity contribution in [2.45, 2.75) is 31.3 Å². The molecule has 2 unspecified atom stereocenters. The van der Waals surface area contributed by atoms with Crippen molar-refractivity contribution in [1.82, 2.24) is 10.2 Å². The van der Waals surface area contributed by atoms with Crippen molar-refractivity contribution in [3.63, 3.8) is 0 Å². The van der Waals surface area contributed by atoms with Gasteiger partial charge < -0.3 is 20.5 Å². The van der Waals surface area contributed by atoms with E-state index in [0.29, 0.717) is 28.8 Å². The lowest BCUT2D eigenvalue weighted by atomic mass is 10.1. The molecule has 2 saturated heterocycles. The molecule has 0 aliphatic carbocycles. The number of carbonyl (C=O) groups is 1. The molecule has 3 aliphatic heterocycles. The number of benzene rings is 1. The molecule has 0 aromatic heterocycles. The van der Waals surface area contributed by atoms with Crippen LogP contribution in [0.5, 0.6) is 11.5 Å². The first-order chi connectivity index (χ1) is 10.2. The number of nitrogen functional groups attached to an aromatic ring is 1. The lowest BCUT2D eigenvalue weighted by Gasteiger charge is -2.21. The molecule has 3 N–H and O–H groups in total. The molecule has 0 bridgehead atoms. The van der Waals surface area contributed by atoms with Gasteiger partial charge in [-0.25, -0.2) is 0 Å². The molecule has 3 aliphatic rings. The summed E-state index contributed by atoms with van der Waals surface area (Å²) in [5.41, 5.74) is 6.87. The summed E-state index contributed by atoms with van der Waals surface area (Å²) in [7, 11) is 0. The monoisotopic (exact) mass is 289 g/mol. The minimum absolute atomic E-state index is 0.121. The summed E-state index contributed by atoms with van der Waals surface area (Å²) in [6.07, 6.45) is 3.41. The van der Waals surface area contributed by atoms with Crippen LogP contribution in [-0.2, 0) is 0 Å². The van der Waals surface area contributed by atoms with Gasteiger partial charge in [0.05, 0.1) is 5.56 Å². The topological polar surface area (TPSA) is 76.8 Å². The first-order valence-corrected chi connectivity index (χ1v) is 7.46. The molecule has 1 aromatic rings. The molecule has 2 fully saturated rings. The molecule has 112 valence electrons. The van der Waals surface area contributed by atoms with Crippen LogP contribution in [0.4, 0.5) is 5.69 Å². The normalized spacial score (nSPS) is 26.9. The lowest BCUT2D eigenvalue weighted by Crippen LogP contribution is -2.42. The number of nitrogens with two attached hydrogens (primary N) is 1. The minimum atomic E-state index is -0.121. The number of hydrogen-bond donors (Lipinski definition) is 2. The van der Waals surface area contributed by atoms with Gasteiger partial charge in [-0.2, -0.15) is 0 Å². The smallest absolute Gasteiger partial charge is 0.253 e. The molecule has 0 radical (unpaired) electrons. The van der Waals surface area contributed by atoms with E-state index in [1.807, 2.05) is 0 Å². The molecule has 1 amide bonds. The lowest BCUT2D eigenvalue weighted by molar-refractivity contribution is 0.0930. The van der Waals surface area contributed by atoms with Gasteiger partial charge in [0.25, 0.3) is 5.91 Å². The van der Waals surface area contributed by atoms with Crippen LogP contribution in [0.2, 0.25) is 0 Å². The Morgan fingerprint density at radius 2 is 2.05 bits per heavy atom. The second kappa shape index (κ2) is 4.80. The van der Waals surface area contributed by atoms with E-state index >= 15 is 0 Å². The van der Waals surface area contributed by atoms with Crippen molar-refractivity contribution in [3.8, 4) is 11.5 Å². The highest BCUT2D eigenvalue weighted by atomic mass is 16.7. The van der Waals surface area contributed by atoms with Gasteiger partial charge in [0.1, 0.15) is 0 Å². The SMILES string of the molecule is Nc1cc2c(cc1C(=O)NC1CCN3CCCC13)OCO2. The Bertz CT molecular complexity index is 590. The van der Waals surface area contributed by atoms with Crippen LogP contribution in [0, 0.1) is 0 Å². The van der Waals surface area contributed by atoms with Crippen LogP contribution < -0.4 is 20.5 Å². The predicted octanol–water partition coefficient (Wildman–Crippen LogP) is 0.964. The van der Waals surface area contributed by atoms with E-state index in [-0.39, 0.29) is 18.7 Å². The van der Waals surface area contributed by atoms with Crippen LogP contribution in [0.25, 0.3) is 0 Å². The van der Waals surface area contributed by atoms with E-state index in [0.717, 1.165) is 19.5 Å². The highest BCUT2D eigenvalue weighted by Crippen LogP contribution is 2.36. The summed E-state index contributed by atoms with van der Waals surface area (Å²) in [4.78, 5) is 15.0. The van der Waals surface area contributed by atoms with Crippen LogP contribution in [0.1, 0.15) is 29.6 Å². The second-order valence-electron chi connectivity index (χ2n) is 5.91. The highest BCUT2D eigenvalue weighted by Gasteiger charge is 2.38. The number of carbonyl (C=O) groups excluding carboxylic acids is 1. The van der Waals surface area contributed by atoms with Gasteiger partial charge in [-0.05, 0) is 31.9 Å². The summed E-state index contributed by atoms with van der Waals surface area (Å²) >= 11 is 0. The van der Waals surface area contributed by atoms with Crippen molar-refractivity contribution in [2.75, 3.05) is 25.6 Å². The van der Waals surface area contributed by atoms with Crippen molar-refractivity contribution >= 4 is 11.6 Å². The van der Waals surface area contributed by atoms with Gasteiger partial charge in [-0.1, -0.05) is 0 Å². The average Bonchev–Trinajstić information content (AvgIpc) is 3.15. The largest absolute Gasteiger partial charge is 0.454 e. The van der Waals surface area contributed by atoms with Crippen LogP contribution in [0.15, 0.2) is 12.1 Å². The molecule has 4 rings (SSSR count). The standard InChI is InChI=1S/C15H19N3O3/c16-10-7-14-13(20-8-21-14)6-9(10)15(19)17-11-3-5-18-4-1-2-12(11)18/h6-7,11-12H,1-5,8,16H2,(H,17,19). The maximum Gasteiger partial charge on any atom is 0.253 e. The minimum Gasteiger partial charge on any atom is -0.454 e. The van der Waals surface area contributed by atoms with Crippen molar-refractivity contribution in [2.24, 2.45) is 0 Å². The first-order valence-electron chi connectivity index (χ1n) is 7.46. The van der Waals surface area contributed by atoms with E-state index in [1.54, 1.807) is 12.1 Å². The summed E-state index contributed by atoms with van der Waals surface area (Å²) in [5, 5.41) is 3.14. The number of rotatable bonds is 2. The number of hydrogen-bond acceptors (Lipinski definition) is 5. The maximum atomic E-state index is 12.5. The number of ether oxygens (including phenoxy) is 2. The number of nitrogens with zero attached hydrogens (tertiary/aromatic N) is 1. The van der Waals surface area contributed by atoms with Gasteiger partial charge in [-0.15, -0.1) is 0 Å². The zero-order chi connectivity index (χ0) is 14.4. The molecule has 1 aromatic carbocycles. The molecular formula is C15H19N3O3.